The van der Waals surface area contributed by atoms with Crippen molar-refractivity contribution in [2.45, 2.75) is 71.3 Å². The zero-order chi connectivity index (χ0) is 17.8. The van der Waals surface area contributed by atoms with Gasteiger partial charge in [-0.3, -0.25) is 0 Å². The lowest BCUT2D eigenvalue weighted by molar-refractivity contribution is -0.0209. The fraction of sp³-hybridized carbons (Fsp3) is 0.800. The molecular formula is C20H31N3O2. The van der Waals surface area contributed by atoms with E-state index < -0.39 is 6.03 Å². The number of nitrogens with two attached hydrogens (primary N) is 1. The molecule has 25 heavy (non-hydrogen) atoms. The van der Waals surface area contributed by atoms with Crippen LogP contribution in [0.15, 0.2) is 16.8 Å². The van der Waals surface area contributed by atoms with Crippen LogP contribution in [0.4, 0.5) is 4.79 Å². The van der Waals surface area contributed by atoms with E-state index in [0.717, 1.165) is 50.2 Å². The van der Waals surface area contributed by atoms with Crippen LogP contribution in [-0.4, -0.2) is 23.0 Å². The molecule has 0 aromatic carbocycles. The number of hydrazone groups is 1. The minimum atomic E-state index is -0.577. The fourth-order valence-electron chi connectivity index (χ4n) is 6.74. The minimum Gasteiger partial charge on any atom is -0.393 e. The second-order valence-electron chi connectivity index (χ2n) is 9.19. The first-order chi connectivity index (χ1) is 11.8. The molecule has 3 fully saturated rings. The zero-order valence-electron chi connectivity index (χ0n) is 15.4. The molecule has 0 spiro atoms. The Hall–Kier alpha value is -1.36. The average molecular weight is 345 g/mol. The van der Waals surface area contributed by atoms with Gasteiger partial charge in [-0.25, -0.2) is 10.2 Å². The van der Waals surface area contributed by atoms with Crippen LogP contribution in [0.2, 0.25) is 0 Å². The maximum absolute atomic E-state index is 11.1. The van der Waals surface area contributed by atoms with Gasteiger partial charge in [-0.15, -0.1) is 0 Å². The summed E-state index contributed by atoms with van der Waals surface area (Å²) in [6.45, 7) is 4.79. The topological polar surface area (TPSA) is 87.7 Å². The number of hydrogen-bond donors (Lipinski definition) is 3. The van der Waals surface area contributed by atoms with E-state index in [-0.39, 0.29) is 16.9 Å². The van der Waals surface area contributed by atoms with Gasteiger partial charge in [0.05, 0.1) is 6.10 Å². The standard InChI is InChI=1S/C20H31N3O2/c1-19-9-7-13(24)11-12(19)3-4-14-15-5-6-17(22-23-18(21)25)20(15,2)10-8-16(14)19/h3,13-16,24H,4-11H2,1-2H3,(H3,21,23,25)/b22-17-/t13-,14+,15+,16+,19-,20+/m0/s1. The van der Waals surface area contributed by atoms with Crippen molar-refractivity contribution in [2.24, 2.45) is 39.4 Å². The lowest BCUT2D eigenvalue weighted by atomic mass is 9.48. The number of nitrogens with one attached hydrogen (secondary N) is 1. The molecule has 4 rings (SSSR count). The van der Waals surface area contributed by atoms with Crippen LogP contribution in [0.25, 0.3) is 0 Å². The number of urea groups is 1. The van der Waals surface area contributed by atoms with E-state index in [1.54, 1.807) is 0 Å². The van der Waals surface area contributed by atoms with Crippen LogP contribution in [0.1, 0.15) is 65.2 Å². The van der Waals surface area contributed by atoms with Gasteiger partial charge in [0, 0.05) is 11.1 Å². The largest absolute Gasteiger partial charge is 0.393 e. The van der Waals surface area contributed by atoms with E-state index >= 15 is 0 Å². The molecule has 4 N–H and O–H groups in total. The molecule has 0 aromatic rings. The first-order valence-corrected chi connectivity index (χ1v) is 9.84. The van der Waals surface area contributed by atoms with Crippen molar-refractivity contribution in [1.82, 2.24) is 5.43 Å². The Morgan fingerprint density at radius 1 is 1.24 bits per heavy atom. The first-order valence-electron chi connectivity index (χ1n) is 9.84. The number of fused-ring (bicyclic) bond motifs is 5. The highest BCUT2D eigenvalue weighted by atomic mass is 16.3. The molecule has 0 aliphatic heterocycles. The van der Waals surface area contributed by atoms with Crippen LogP contribution in [0, 0.1) is 28.6 Å². The normalized spacial score (nSPS) is 47.5. The molecule has 4 aliphatic carbocycles. The highest BCUT2D eigenvalue weighted by molar-refractivity contribution is 5.93. The van der Waals surface area contributed by atoms with Crippen molar-refractivity contribution in [3.05, 3.63) is 11.6 Å². The summed E-state index contributed by atoms with van der Waals surface area (Å²) in [6.07, 6.45) is 10.9. The summed E-state index contributed by atoms with van der Waals surface area (Å²) >= 11 is 0. The SMILES string of the molecule is C[C@]12CC[C@H](O)CC1=CC[C@H]1[C@H]2CC[C@@]2(C)/C(=N\NC(N)=O)CC[C@H]12. The molecule has 0 aromatic heterocycles. The molecule has 0 saturated heterocycles. The number of aliphatic hydroxyl groups is 1. The Morgan fingerprint density at radius 2 is 1.96 bits per heavy atom. The summed E-state index contributed by atoms with van der Waals surface area (Å²) in [7, 11) is 0. The van der Waals surface area contributed by atoms with Crippen LogP contribution >= 0.6 is 0 Å². The van der Waals surface area contributed by atoms with Gasteiger partial charge in [-0.05, 0) is 74.5 Å². The van der Waals surface area contributed by atoms with Gasteiger partial charge in [0.15, 0.2) is 0 Å². The number of aliphatic hydroxyl groups excluding tert-OH is 1. The third kappa shape index (κ3) is 2.54. The van der Waals surface area contributed by atoms with Gasteiger partial charge in [0.2, 0.25) is 0 Å². The number of allylic oxidation sites excluding steroid dienone is 1. The van der Waals surface area contributed by atoms with Gasteiger partial charge in [0.25, 0.3) is 0 Å². The number of carbonyl (C=O) groups is 1. The number of carbonyl (C=O) groups excluding carboxylic acids is 1. The smallest absolute Gasteiger partial charge is 0.332 e. The molecule has 6 atom stereocenters. The van der Waals surface area contributed by atoms with Crippen molar-refractivity contribution in [3.63, 3.8) is 0 Å². The minimum absolute atomic E-state index is 0.0967. The van der Waals surface area contributed by atoms with Crippen LogP contribution in [0.3, 0.4) is 0 Å². The van der Waals surface area contributed by atoms with E-state index in [1.165, 1.54) is 18.4 Å². The highest BCUT2D eigenvalue weighted by Gasteiger charge is 2.57. The summed E-state index contributed by atoms with van der Waals surface area (Å²) in [5.41, 5.74) is 10.7. The third-order valence-corrected chi connectivity index (χ3v) is 8.12. The average Bonchev–Trinajstić information content (AvgIpc) is 2.90. The summed E-state index contributed by atoms with van der Waals surface area (Å²) in [5.74, 6) is 2.06. The Bertz CT molecular complexity index is 643. The Morgan fingerprint density at radius 3 is 2.72 bits per heavy atom. The summed E-state index contributed by atoms with van der Waals surface area (Å²) in [4.78, 5) is 11.1. The Balaban J connectivity index is 1.62. The number of hydrogen-bond acceptors (Lipinski definition) is 3. The predicted molar refractivity (Wildman–Crippen MR) is 97.9 cm³/mol. The Labute approximate surface area is 150 Å². The molecule has 5 heteroatoms. The van der Waals surface area contributed by atoms with Gasteiger partial charge >= 0.3 is 6.03 Å². The maximum Gasteiger partial charge on any atom is 0.332 e. The van der Waals surface area contributed by atoms with Gasteiger partial charge in [-0.2, -0.15) is 5.10 Å². The predicted octanol–water partition coefficient (Wildman–Crippen LogP) is 3.33. The molecule has 0 unspecified atom stereocenters. The highest BCUT2D eigenvalue weighted by Crippen LogP contribution is 2.64. The van der Waals surface area contributed by atoms with E-state index in [9.17, 15) is 9.90 Å². The molecule has 3 saturated carbocycles. The van der Waals surface area contributed by atoms with Gasteiger partial charge < -0.3 is 10.8 Å². The van der Waals surface area contributed by atoms with Crippen molar-refractivity contribution < 1.29 is 9.90 Å². The summed E-state index contributed by atoms with van der Waals surface area (Å²) < 4.78 is 0. The number of primary amides is 1. The lowest BCUT2D eigenvalue weighted by Gasteiger charge is -2.57. The summed E-state index contributed by atoms with van der Waals surface area (Å²) in [5, 5.41) is 14.5. The number of nitrogens with zero attached hydrogens (tertiary/aromatic N) is 1. The quantitative estimate of drug-likeness (QED) is 0.503. The molecule has 4 aliphatic rings. The van der Waals surface area contributed by atoms with Crippen LogP contribution < -0.4 is 11.2 Å². The lowest BCUT2D eigenvalue weighted by Crippen LogP contribution is -2.50. The molecule has 5 nitrogen and oxygen atoms in total. The van der Waals surface area contributed by atoms with E-state index in [4.69, 9.17) is 5.73 Å². The summed E-state index contributed by atoms with van der Waals surface area (Å²) in [6, 6.07) is -0.577. The molecular weight excluding hydrogens is 314 g/mol. The van der Waals surface area contributed by atoms with Gasteiger partial charge in [0.1, 0.15) is 0 Å². The molecule has 138 valence electrons. The fourth-order valence-corrected chi connectivity index (χ4v) is 6.74. The third-order valence-electron chi connectivity index (χ3n) is 8.12. The van der Waals surface area contributed by atoms with E-state index in [1.807, 2.05) is 0 Å². The molecule has 0 bridgehead atoms. The molecule has 0 heterocycles. The van der Waals surface area contributed by atoms with E-state index in [0.29, 0.717) is 11.8 Å². The van der Waals surface area contributed by atoms with E-state index in [2.05, 4.69) is 30.5 Å². The second-order valence-corrected chi connectivity index (χ2v) is 9.19. The molecule has 2 amide bonds. The van der Waals surface area contributed by atoms with Crippen molar-refractivity contribution in [1.29, 1.82) is 0 Å². The monoisotopic (exact) mass is 345 g/mol. The first kappa shape index (κ1) is 17.1. The second kappa shape index (κ2) is 5.83. The van der Waals surface area contributed by atoms with Gasteiger partial charge in [-0.1, -0.05) is 25.5 Å². The zero-order valence-corrected chi connectivity index (χ0v) is 15.4. The van der Waals surface area contributed by atoms with Crippen molar-refractivity contribution >= 4 is 11.7 Å². The van der Waals surface area contributed by atoms with Crippen molar-refractivity contribution in [2.75, 3.05) is 0 Å². The number of amides is 2. The Kier molecular flexibility index (Phi) is 3.98. The number of rotatable bonds is 1. The maximum atomic E-state index is 11.1. The van der Waals surface area contributed by atoms with Crippen molar-refractivity contribution in [3.8, 4) is 0 Å². The molecule has 0 radical (unpaired) electrons. The van der Waals surface area contributed by atoms with Crippen LogP contribution in [-0.2, 0) is 0 Å². The van der Waals surface area contributed by atoms with Crippen LogP contribution in [0.5, 0.6) is 0 Å².